The van der Waals surface area contributed by atoms with Crippen LogP contribution in [0.3, 0.4) is 0 Å². The summed E-state index contributed by atoms with van der Waals surface area (Å²) in [6, 6.07) is 17.3. The summed E-state index contributed by atoms with van der Waals surface area (Å²) >= 11 is 6.30. The Labute approximate surface area is 133 Å². The lowest BCUT2D eigenvalue weighted by atomic mass is 10.0. The number of benzene rings is 2. The van der Waals surface area contributed by atoms with Gasteiger partial charge in [0, 0.05) is 5.39 Å². The third-order valence-electron chi connectivity index (χ3n) is 3.61. The molecular formula is C18H14ClNO2. The van der Waals surface area contributed by atoms with Crippen molar-refractivity contribution < 1.29 is 9.90 Å². The van der Waals surface area contributed by atoms with E-state index in [1.807, 2.05) is 48.5 Å². The zero-order valence-corrected chi connectivity index (χ0v) is 12.5. The van der Waals surface area contributed by atoms with Crippen LogP contribution in [0.1, 0.15) is 21.6 Å². The van der Waals surface area contributed by atoms with Gasteiger partial charge in [0.2, 0.25) is 0 Å². The minimum atomic E-state index is -1.04. The van der Waals surface area contributed by atoms with Crippen LogP contribution in [0.25, 0.3) is 10.9 Å². The fraction of sp³-hybridized carbons (Fsp3) is 0.111. The molecule has 3 rings (SSSR count). The molecule has 1 heterocycles. The number of hydrogen-bond acceptors (Lipinski definition) is 2. The number of aromatic nitrogens is 1. The second kappa shape index (κ2) is 6.16. The fourth-order valence-corrected chi connectivity index (χ4v) is 2.87. The highest BCUT2D eigenvalue weighted by Gasteiger charge is 2.19. The van der Waals surface area contributed by atoms with Crippen molar-refractivity contribution in [3.63, 3.8) is 0 Å². The molecule has 0 radical (unpaired) electrons. The summed E-state index contributed by atoms with van der Waals surface area (Å²) in [6.45, 7) is 0. The Balaban J connectivity index is 2.04. The standard InChI is InChI=1S/C18H14ClNO2/c19-17-13-8-4-5-9-14(13)20-15(16(17)18(21)22)11-10-12-6-2-1-3-7-12/h1-9H,10-11H2,(H,21,22). The number of nitrogens with zero attached hydrogens (tertiary/aromatic N) is 1. The summed E-state index contributed by atoms with van der Waals surface area (Å²) in [4.78, 5) is 16.1. The number of pyridine rings is 1. The van der Waals surface area contributed by atoms with Crippen LogP contribution >= 0.6 is 11.6 Å². The maximum atomic E-state index is 11.6. The molecule has 4 heteroatoms. The number of carboxylic acid groups (broad SMARTS) is 1. The van der Waals surface area contributed by atoms with Crippen LogP contribution in [0.2, 0.25) is 5.02 Å². The van der Waals surface area contributed by atoms with Gasteiger partial charge in [0.05, 0.1) is 16.2 Å². The van der Waals surface area contributed by atoms with Crippen molar-refractivity contribution in [2.75, 3.05) is 0 Å². The number of carboxylic acids is 1. The molecule has 1 N–H and O–H groups in total. The van der Waals surface area contributed by atoms with Gasteiger partial charge < -0.3 is 5.11 Å². The minimum absolute atomic E-state index is 0.108. The second-order valence-corrected chi connectivity index (χ2v) is 5.43. The number of fused-ring (bicyclic) bond motifs is 1. The molecule has 0 bridgehead atoms. The number of aryl methyl sites for hydroxylation is 2. The van der Waals surface area contributed by atoms with Crippen molar-refractivity contribution in [2.45, 2.75) is 12.8 Å². The normalized spacial score (nSPS) is 10.8. The Morgan fingerprint density at radius 3 is 2.41 bits per heavy atom. The Bertz CT molecular complexity index is 831. The summed E-state index contributed by atoms with van der Waals surface area (Å²) in [5.74, 6) is -1.04. The van der Waals surface area contributed by atoms with Gasteiger partial charge in [-0.3, -0.25) is 4.98 Å². The highest BCUT2D eigenvalue weighted by molar-refractivity contribution is 6.38. The number of rotatable bonds is 4. The topological polar surface area (TPSA) is 50.2 Å². The zero-order chi connectivity index (χ0) is 15.5. The lowest BCUT2D eigenvalue weighted by molar-refractivity contribution is 0.0695. The molecule has 0 aliphatic rings. The molecule has 0 aliphatic carbocycles. The molecule has 0 saturated heterocycles. The first-order valence-electron chi connectivity index (χ1n) is 7.01. The molecule has 1 aromatic heterocycles. The highest BCUT2D eigenvalue weighted by atomic mass is 35.5. The van der Waals surface area contributed by atoms with Crippen LogP contribution < -0.4 is 0 Å². The average molecular weight is 312 g/mol. The lowest BCUT2D eigenvalue weighted by Crippen LogP contribution is -2.08. The molecule has 0 amide bonds. The highest BCUT2D eigenvalue weighted by Crippen LogP contribution is 2.29. The zero-order valence-electron chi connectivity index (χ0n) is 11.8. The van der Waals surface area contributed by atoms with E-state index in [0.717, 1.165) is 17.5 Å². The van der Waals surface area contributed by atoms with E-state index in [9.17, 15) is 9.90 Å². The smallest absolute Gasteiger partial charge is 0.339 e. The molecule has 3 aromatic rings. The fourth-order valence-electron chi connectivity index (χ4n) is 2.53. The SMILES string of the molecule is O=C(O)c1c(CCc2ccccc2)nc2ccccc2c1Cl. The van der Waals surface area contributed by atoms with E-state index < -0.39 is 5.97 Å². The van der Waals surface area contributed by atoms with E-state index in [0.29, 0.717) is 17.5 Å². The molecule has 22 heavy (non-hydrogen) atoms. The summed E-state index contributed by atoms with van der Waals surface area (Å²) in [5.41, 5.74) is 2.50. The van der Waals surface area contributed by atoms with Crippen molar-refractivity contribution >= 4 is 28.5 Å². The molecule has 0 atom stereocenters. The number of halogens is 1. The maximum Gasteiger partial charge on any atom is 0.339 e. The van der Waals surface area contributed by atoms with Crippen molar-refractivity contribution in [1.82, 2.24) is 4.98 Å². The second-order valence-electron chi connectivity index (χ2n) is 5.06. The lowest BCUT2D eigenvalue weighted by Gasteiger charge is -2.10. The van der Waals surface area contributed by atoms with Gasteiger partial charge in [0.1, 0.15) is 5.56 Å². The molecule has 0 fully saturated rings. The monoisotopic (exact) mass is 311 g/mol. The van der Waals surface area contributed by atoms with Gasteiger partial charge in [-0.25, -0.2) is 4.79 Å². The van der Waals surface area contributed by atoms with Crippen molar-refractivity contribution in [3.8, 4) is 0 Å². The van der Waals surface area contributed by atoms with Crippen LogP contribution in [0, 0.1) is 0 Å². The maximum absolute atomic E-state index is 11.6. The molecule has 2 aromatic carbocycles. The molecule has 0 unspecified atom stereocenters. The van der Waals surface area contributed by atoms with Crippen LogP contribution in [0.15, 0.2) is 54.6 Å². The summed E-state index contributed by atoms with van der Waals surface area (Å²) in [7, 11) is 0. The van der Waals surface area contributed by atoms with E-state index in [1.54, 1.807) is 6.07 Å². The third-order valence-corrected chi connectivity index (χ3v) is 4.00. The van der Waals surface area contributed by atoms with E-state index in [2.05, 4.69) is 4.98 Å². The van der Waals surface area contributed by atoms with Crippen LogP contribution in [-0.4, -0.2) is 16.1 Å². The molecule has 0 aliphatic heterocycles. The number of aromatic carboxylic acids is 1. The quantitative estimate of drug-likeness (QED) is 0.778. The van der Waals surface area contributed by atoms with Gasteiger partial charge in [0.25, 0.3) is 0 Å². The van der Waals surface area contributed by atoms with Crippen molar-refractivity contribution in [3.05, 3.63) is 76.4 Å². The first-order valence-corrected chi connectivity index (χ1v) is 7.39. The van der Waals surface area contributed by atoms with Gasteiger partial charge in [-0.15, -0.1) is 0 Å². The largest absolute Gasteiger partial charge is 0.478 e. The van der Waals surface area contributed by atoms with Gasteiger partial charge >= 0.3 is 5.97 Å². The van der Waals surface area contributed by atoms with Gasteiger partial charge in [-0.2, -0.15) is 0 Å². The summed E-state index contributed by atoms with van der Waals surface area (Å²) in [6.07, 6.45) is 1.26. The van der Waals surface area contributed by atoms with Crippen LogP contribution in [0.5, 0.6) is 0 Å². The van der Waals surface area contributed by atoms with E-state index in [4.69, 9.17) is 11.6 Å². The number of carbonyl (C=O) groups is 1. The Hall–Kier alpha value is -2.39. The number of hydrogen-bond donors (Lipinski definition) is 1. The Morgan fingerprint density at radius 1 is 1.00 bits per heavy atom. The molecule has 0 spiro atoms. The third kappa shape index (κ3) is 2.81. The molecule has 110 valence electrons. The predicted molar refractivity (Wildman–Crippen MR) is 87.6 cm³/mol. The molecule has 0 saturated carbocycles. The molecule has 3 nitrogen and oxygen atoms in total. The Kier molecular flexibility index (Phi) is 4.07. The summed E-state index contributed by atoms with van der Waals surface area (Å²) < 4.78 is 0. The van der Waals surface area contributed by atoms with E-state index in [1.165, 1.54) is 0 Å². The summed E-state index contributed by atoms with van der Waals surface area (Å²) in [5, 5.41) is 10.4. The first-order chi connectivity index (χ1) is 10.7. The van der Waals surface area contributed by atoms with Crippen molar-refractivity contribution in [1.29, 1.82) is 0 Å². The average Bonchev–Trinajstić information content (AvgIpc) is 2.53. The van der Waals surface area contributed by atoms with E-state index in [-0.39, 0.29) is 10.6 Å². The van der Waals surface area contributed by atoms with Gasteiger partial charge in [-0.05, 0) is 24.5 Å². The van der Waals surface area contributed by atoms with Crippen molar-refractivity contribution in [2.24, 2.45) is 0 Å². The molecular weight excluding hydrogens is 298 g/mol. The van der Waals surface area contributed by atoms with Gasteiger partial charge in [0.15, 0.2) is 0 Å². The van der Waals surface area contributed by atoms with Gasteiger partial charge in [-0.1, -0.05) is 60.1 Å². The first kappa shape index (κ1) is 14.5. The Morgan fingerprint density at radius 2 is 1.68 bits per heavy atom. The van der Waals surface area contributed by atoms with Crippen LogP contribution in [0.4, 0.5) is 0 Å². The minimum Gasteiger partial charge on any atom is -0.478 e. The van der Waals surface area contributed by atoms with Crippen LogP contribution in [-0.2, 0) is 12.8 Å². The predicted octanol–water partition coefficient (Wildman–Crippen LogP) is 4.37. The van der Waals surface area contributed by atoms with E-state index >= 15 is 0 Å². The number of para-hydroxylation sites is 1.